The van der Waals surface area contributed by atoms with E-state index in [4.69, 9.17) is 0 Å². The Morgan fingerprint density at radius 1 is 1.20 bits per heavy atom. The molecule has 110 valence electrons. The highest BCUT2D eigenvalue weighted by molar-refractivity contribution is 14.1. The molecule has 1 saturated heterocycles. The Morgan fingerprint density at radius 3 is 2.35 bits per heavy atom. The summed E-state index contributed by atoms with van der Waals surface area (Å²) in [7, 11) is -3.15. The summed E-state index contributed by atoms with van der Waals surface area (Å²) >= 11 is 2.14. The van der Waals surface area contributed by atoms with Gasteiger partial charge >= 0.3 is 0 Å². The number of halogens is 1. The van der Waals surface area contributed by atoms with Crippen LogP contribution in [0.5, 0.6) is 0 Å². The molecule has 1 aromatic rings. The summed E-state index contributed by atoms with van der Waals surface area (Å²) in [4.78, 5) is 14.1. The second-order valence-electron chi connectivity index (χ2n) is 4.57. The molecule has 0 aromatic heterocycles. The number of piperazine rings is 1. The predicted octanol–water partition coefficient (Wildman–Crippen LogP) is 1.40. The van der Waals surface area contributed by atoms with E-state index in [1.807, 2.05) is 18.2 Å². The summed E-state index contributed by atoms with van der Waals surface area (Å²) in [5.74, 6) is 0.0842. The summed E-state index contributed by atoms with van der Waals surface area (Å²) in [6, 6.07) is 7.43. The van der Waals surface area contributed by atoms with E-state index in [0.717, 1.165) is 3.57 Å². The van der Waals surface area contributed by atoms with E-state index in [9.17, 15) is 13.2 Å². The Kier molecular flexibility index (Phi) is 5.03. The number of carbonyl (C=O) groups is 1. The van der Waals surface area contributed by atoms with Crippen LogP contribution in [-0.4, -0.2) is 55.5 Å². The van der Waals surface area contributed by atoms with Crippen LogP contribution in [-0.2, 0) is 10.0 Å². The molecule has 0 saturated carbocycles. The van der Waals surface area contributed by atoms with Crippen molar-refractivity contribution in [3.63, 3.8) is 0 Å². The molecule has 1 aliphatic rings. The third kappa shape index (κ3) is 3.32. The zero-order chi connectivity index (χ0) is 14.8. The lowest BCUT2D eigenvalue weighted by atomic mass is 10.2. The first-order valence-corrected chi connectivity index (χ1v) is 9.16. The van der Waals surface area contributed by atoms with E-state index in [2.05, 4.69) is 22.6 Å². The van der Waals surface area contributed by atoms with Crippen LogP contribution in [0, 0.1) is 3.57 Å². The largest absolute Gasteiger partial charge is 0.336 e. The van der Waals surface area contributed by atoms with Gasteiger partial charge in [0.05, 0.1) is 11.3 Å². The van der Waals surface area contributed by atoms with Crippen LogP contribution in [0.15, 0.2) is 24.3 Å². The highest BCUT2D eigenvalue weighted by Gasteiger charge is 2.28. The molecular formula is C13H17IN2O3S. The lowest BCUT2D eigenvalue weighted by Gasteiger charge is -2.34. The molecule has 2 rings (SSSR count). The van der Waals surface area contributed by atoms with Gasteiger partial charge in [0.25, 0.3) is 5.91 Å². The van der Waals surface area contributed by atoms with Gasteiger partial charge in [-0.05, 0) is 41.6 Å². The molecule has 1 heterocycles. The molecule has 7 heteroatoms. The number of sulfonamides is 1. The predicted molar refractivity (Wildman–Crippen MR) is 86.1 cm³/mol. The number of benzene rings is 1. The van der Waals surface area contributed by atoms with Crippen LogP contribution < -0.4 is 0 Å². The maximum Gasteiger partial charge on any atom is 0.255 e. The van der Waals surface area contributed by atoms with Crippen LogP contribution in [0.4, 0.5) is 0 Å². The molecule has 1 aromatic carbocycles. The minimum Gasteiger partial charge on any atom is -0.336 e. The molecule has 0 N–H and O–H groups in total. The first kappa shape index (κ1) is 15.7. The number of hydrogen-bond donors (Lipinski definition) is 0. The van der Waals surface area contributed by atoms with Gasteiger partial charge in [0.2, 0.25) is 10.0 Å². The van der Waals surface area contributed by atoms with Crippen molar-refractivity contribution in [1.82, 2.24) is 9.21 Å². The van der Waals surface area contributed by atoms with Gasteiger partial charge < -0.3 is 4.90 Å². The van der Waals surface area contributed by atoms with Crippen LogP contribution in [0.2, 0.25) is 0 Å². The quantitative estimate of drug-likeness (QED) is 0.711. The van der Waals surface area contributed by atoms with Crippen molar-refractivity contribution >= 4 is 38.5 Å². The Labute approximate surface area is 133 Å². The average Bonchev–Trinajstić information content (AvgIpc) is 2.47. The number of amides is 1. The molecule has 1 amide bonds. The molecule has 0 unspecified atom stereocenters. The van der Waals surface area contributed by atoms with E-state index in [1.54, 1.807) is 17.9 Å². The number of nitrogens with zero attached hydrogens (tertiary/aromatic N) is 2. The molecule has 1 fully saturated rings. The maximum atomic E-state index is 12.4. The Balaban J connectivity index is 2.05. The van der Waals surface area contributed by atoms with Gasteiger partial charge in [-0.2, -0.15) is 4.31 Å². The van der Waals surface area contributed by atoms with E-state index < -0.39 is 10.0 Å². The van der Waals surface area contributed by atoms with Crippen molar-refractivity contribution < 1.29 is 13.2 Å². The first-order chi connectivity index (χ1) is 9.45. The third-order valence-electron chi connectivity index (χ3n) is 3.39. The zero-order valence-electron chi connectivity index (χ0n) is 11.3. The van der Waals surface area contributed by atoms with E-state index in [-0.39, 0.29) is 11.7 Å². The average molecular weight is 408 g/mol. The minimum absolute atomic E-state index is 0.0245. The summed E-state index contributed by atoms with van der Waals surface area (Å²) in [5.41, 5.74) is 0.680. The van der Waals surface area contributed by atoms with Gasteiger partial charge in [-0.25, -0.2) is 8.42 Å². The van der Waals surface area contributed by atoms with Crippen molar-refractivity contribution in [2.24, 2.45) is 0 Å². The first-order valence-electron chi connectivity index (χ1n) is 6.47. The Morgan fingerprint density at radius 2 is 1.80 bits per heavy atom. The minimum atomic E-state index is -3.15. The molecule has 5 nitrogen and oxygen atoms in total. The second-order valence-corrected chi connectivity index (χ2v) is 7.99. The van der Waals surface area contributed by atoms with Gasteiger partial charge in [0, 0.05) is 29.7 Å². The van der Waals surface area contributed by atoms with Gasteiger partial charge in [-0.3, -0.25) is 4.79 Å². The summed E-state index contributed by atoms with van der Waals surface area (Å²) in [5, 5.41) is 0. The molecule has 0 radical (unpaired) electrons. The lowest BCUT2D eigenvalue weighted by Crippen LogP contribution is -2.51. The van der Waals surface area contributed by atoms with Crippen molar-refractivity contribution in [3.8, 4) is 0 Å². The highest BCUT2D eigenvalue weighted by Crippen LogP contribution is 2.16. The maximum absolute atomic E-state index is 12.4. The van der Waals surface area contributed by atoms with Gasteiger partial charge in [-0.1, -0.05) is 12.1 Å². The Bertz CT molecular complexity index is 595. The van der Waals surface area contributed by atoms with E-state index in [1.165, 1.54) is 4.31 Å². The fourth-order valence-corrected chi connectivity index (χ4v) is 3.86. The summed E-state index contributed by atoms with van der Waals surface area (Å²) in [6.45, 7) is 3.29. The molecular weight excluding hydrogens is 391 g/mol. The van der Waals surface area contributed by atoms with Crippen LogP contribution >= 0.6 is 22.6 Å². The monoisotopic (exact) mass is 408 g/mol. The van der Waals surface area contributed by atoms with Crippen LogP contribution in [0.1, 0.15) is 17.3 Å². The van der Waals surface area contributed by atoms with E-state index in [0.29, 0.717) is 31.7 Å². The SMILES string of the molecule is CCS(=O)(=O)N1CCN(C(=O)c2ccccc2I)CC1. The van der Waals surface area contributed by atoms with Crippen molar-refractivity contribution in [2.75, 3.05) is 31.9 Å². The van der Waals surface area contributed by atoms with Gasteiger partial charge in [0.1, 0.15) is 0 Å². The molecule has 1 aliphatic heterocycles. The topological polar surface area (TPSA) is 57.7 Å². The fourth-order valence-electron chi connectivity index (χ4n) is 2.16. The van der Waals surface area contributed by atoms with Crippen LogP contribution in [0.25, 0.3) is 0 Å². The standard InChI is InChI=1S/C13H17IN2O3S/c1-2-20(18,19)16-9-7-15(8-10-16)13(17)11-5-3-4-6-12(11)14/h3-6H,2,7-10H2,1H3. The Hall–Kier alpha value is -0.670. The molecule has 20 heavy (non-hydrogen) atoms. The fraction of sp³-hybridized carbons (Fsp3) is 0.462. The van der Waals surface area contributed by atoms with Gasteiger partial charge in [-0.15, -0.1) is 0 Å². The number of hydrogen-bond acceptors (Lipinski definition) is 3. The van der Waals surface area contributed by atoms with Crippen molar-refractivity contribution in [1.29, 1.82) is 0 Å². The third-order valence-corrected chi connectivity index (χ3v) is 6.21. The molecule has 0 atom stereocenters. The van der Waals surface area contributed by atoms with Crippen molar-refractivity contribution in [2.45, 2.75) is 6.92 Å². The van der Waals surface area contributed by atoms with E-state index >= 15 is 0 Å². The second kappa shape index (κ2) is 6.40. The summed E-state index contributed by atoms with van der Waals surface area (Å²) in [6.07, 6.45) is 0. The summed E-state index contributed by atoms with van der Waals surface area (Å²) < 4.78 is 25.9. The number of carbonyl (C=O) groups excluding carboxylic acids is 1. The number of rotatable bonds is 3. The molecule has 0 spiro atoms. The highest BCUT2D eigenvalue weighted by atomic mass is 127. The zero-order valence-corrected chi connectivity index (χ0v) is 14.2. The van der Waals surface area contributed by atoms with Gasteiger partial charge in [0.15, 0.2) is 0 Å². The molecule has 0 bridgehead atoms. The molecule has 0 aliphatic carbocycles. The van der Waals surface area contributed by atoms with Crippen molar-refractivity contribution in [3.05, 3.63) is 33.4 Å². The normalized spacial score (nSPS) is 17.2. The van der Waals surface area contributed by atoms with Crippen LogP contribution in [0.3, 0.4) is 0 Å². The lowest BCUT2D eigenvalue weighted by molar-refractivity contribution is 0.0697. The smallest absolute Gasteiger partial charge is 0.255 e.